The first kappa shape index (κ1) is 21.4. The number of hydrogen-bond acceptors (Lipinski definition) is 2. The monoisotopic (exact) mass is 346 g/mol. The van der Waals surface area contributed by atoms with E-state index in [1.54, 1.807) is 0 Å². The molecule has 0 aromatic rings. The zero-order valence-electron chi connectivity index (χ0n) is 15.6. The predicted octanol–water partition coefficient (Wildman–Crippen LogP) is 5.98. The first-order valence-electron chi connectivity index (χ1n) is 9.71. The highest BCUT2D eigenvalue weighted by atomic mass is 16.6. The van der Waals surface area contributed by atoms with Crippen LogP contribution >= 0.6 is 0 Å². The minimum absolute atomic E-state index is 0.296. The molecule has 1 fully saturated rings. The van der Waals surface area contributed by atoms with Gasteiger partial charge in [-0.05, 0) is 51.4 Å². The van der Waals surface area contributed by atoms with Crippen LogP contribution in [0.3, 0.4) is 0 Å². The van der Waals surface area contributed by atoms with Crippen LogP contribution in [0.25, 0.3) is 0 Å². The molecule has 25 heavy (non-hydrogen) atoms. The van der Waals surface area contributed by atoms with Gasteiger partial charge in [-0.15, -0.1) is 0 Å². The lowest BCUT2D eigenvalue weighted by molar-refractivity contribution is -0.137. The normalized spacial score (nSPS) is 20.5. The largest absolute Gasteiger partial charge is 0.481 e. The molecule has 0 unspecified atom stereocenters. The highest BCUT2D eigenvalue weighted by Gasteiger charge is 2.35. The van der Waals surface area contributed by atoms with Crippen LogP contribution in [0.15, 0.2) is 48.6 Å². The molecule has 1 N–H and O–H groups in total. The van der Waals surface area contributed by atoms with Crippen molar-refractivity contribution in [2.24, 2.45) is 0 Å². The molecule has 0 aliphatic carbocycles. The van der Waals surface area contributed by atoms with E-state index in [4.69, 9.17) is 9.84 Å². The van der Waals surface area contributed by atoms with Gasteiger partial charge in [-0.1, -0.05) is 62.0 Å². The number of epoxide rings is 1. The molecular weight excluding hydrogens is 312 g/mol. The van der Waals surface area contributed by atoms with Crippen LogP contribution in [0, 0.1) is 0 Å². The van der Waals surface area contributed by atoms with E-state index in [-0.39, 0.29) is 0 Å². The molecule has 3 nitrogen and oxygen atoms in total. The van der Waals surface area contributed by atoms with Crippen molar-refractivity contribution < 1.29 is 14.6 Å². The smallest absolute Gasteiger partial charge is 0.303 e. The third-order valence-electron chi connectivity index (χ3n) is 4.20. The fourth-order valence-electron chi connectivity index (χ4n) is 2.62. The van der Waals surface area contributed by atoms with Crippen LogP contribution in [0.2, 0.25) is 0 Å². The van der Waals surface area contributed by atoms with Gasteiger partial charge in [-0.2, -0.15) is 0 Å². The summed E-state index contributed by atoms with van der Waals surface area (Å²) in [6, 6.07) is 0. The lowest BCUT2D eigenvalue weighted by Gasteiger charge is -1.94. The van der Waals surface area contributed by atoms with Crippen LogP contribution in [-0.4, -0.2) is 23.3 Å². The van der Waals surface area contributed by atoms with Crippen molar-refractivity contribution in [1.29, 1.82) is 0 Å². The van der Waals surface area contributed by atoms with E-state index in [1.807, 2.05) is 0 Å². The average molecular weight is 347 g/mol. The Morgan fingerprint density at radius 3 is 2.00 bits per heavy atom. The topological polar surface area (TPSA) is 49.8 Å². The fourth-order valence-corrected chi connectivity index (χ4v) is 2.62. The van der Waals surface area contributed by atoms with Gasteiger partial charge in [-0.25, -0.2) is 0 Å². The van der Waals surface area contributed by atoms with Crippen LogP contribution < -0.4 is 0 Å². The number of allylic oxidation sites excluding steroid dienone is 7. The molecule has 1 saturated heterocycles. The van der Waals surface area contributed by atoms with Gasteiger partial charge in [0.1, 0.15) is 0 Å². The second-order valence-corrected chi connectivity index (χ2v) is 6.44. The summed E-state index contributed by atoms with van der Waals surface area (Å²) in [5.41, 5.74) is 0. The molecular formula is C22H34O3. The molecule has 2 atom stereocenters. The highest BCUT2D eigenvalue weighted by Crippen LogP contribution is 2.28. The van der Waals surface area contributed by atoms with E-state index in [2.05, 4.69) is 55.5 Å². The van der Waals surface area contributed by atoms with Gasteiger partial charge >= 0.3 is 5.97 Å². The predicted molar refractivity (Wildman–Crippen MR) is 105 cm³/mol. The zero-order chi connectivity index (χ0) is 18.2. The van der Waals surface area contributed by atoms with Gasteiger partial charge < -0.3 is 9.84 Å². The van der Waals surface area contributed by atoms with E-state index in [1.165, 1.54) is 0 Å². The van der Waals surface area contributed by atoms with Crippen molar-refractivity contribution in [3.8, 4) is 0 Å². The van der Waals surface area contributed by atoms with Gasteiger partial charge in [0, 0.05) is 6.42 Å². The summed E-state index contributed by atoms with van der Waals surface area (Å²) in [5, 5.41) is 8.53. The first-order chi connectivity index (χ1) is 12.2. The summed E-state index contributed by atoms with van der Waals surface area (Å²) in [6.45, 7) is 2.17. The maximum Gasteiger partial charge on any atom is 0.303 e. The summed E-state index contributed by atoms with van der Waals surface area (Å²) in [6.07, 6.45) is 28.0. The van der Waals surface area contributed by atoms with E-state index < -0.39 is 5.97 Å². The second kappa shape index (κ2) is 14.7. The molecule has 0 saturated carbocycles. The average Bonchev–Trinajstić information content (AvgIpc) is 3.36. The number of carbonyl (C=O) groups is 1. The van der Waals surface area contributed by atoms with Crippen molar-refractivity contribution in [3.05, 3.63) is 48.6 Å². The van der Waals surface area contributed by atoms with E-state index >= 15 is 0 Å². The van der Waals surface area contributed by atoms with Gasteiger partial charge in [0.25, 0.3) is 0 Å². The maximum atomic E-state index is 10.4. The van der Waals surface area contributed by atoms with Gasteiger partial charge in [0.15, 0.2) is 0 Å². The summed E-state index contributed by atoms with van der Waals surface area (Å²) >= 11 is 0. The molecule has 0 aromatic heterocycles. The van der Waals surface area contributed by atoms with Crippen molar-refractivity contribution in [2.75, 3.05) is 0 Å². The molecule has 0 spiro atoms. The molecule has 0 amide bonds. The highest BCUT2D eigenvalue weighted by molar-refractivity contribution is 5.66. The van der Waals surface area contributed by atoms with Crippen molar-refractivity contribution >= 4 is 5.97 Å². The van der Waals surface area contributed by atoms with Crippen LogP contribution in [0.1, 0.15) is 71.1 Å². The Morgan fingerprint density at radius 2 is 1.44 bits per heavy atom. The van der Waals surface area contributed by atoms with Crippen molar-refractivity contribution in [2.45, 2.75) is 83.3 Å². The molecule has 1 aliphatic heterocycles. The van der Waals surface area contributed by atoms with Gasteiger partial charge in [0.05, 0.1) is 12.2 Å². The maximum absolute atomic E-state index is 10.4. The Morgan fingerprint density at radius 1 is 0.840 bits per heavy atom. The number of aliphatic carboxylic acids is 1. The third-order valence-corrected chi connectivity index (χ3v) is 4.20. The number of rotatable bonds is 15. The molecule has 0 aromatic carbocycles. The number of unbranched alkanes of at least 4 members (excludes halogenated alkanes) is 3. The van der Waals surface area contributed by atoms with Gasteiger partial charge in [-0.3, -0.25) is 4.79 Å². The van der Waals surface area contributed by atoms with Crippen molar-refractivity contribution in [1.82, 2.24) is 0 Å². The summed E-state index contributed by atoms with van der Waals surface area (Å²) in [7, 11) is 0. The number of hydrogen-bond donors (Lipinski definition) is 1. The van der Waals surface area contributed by atoms with E-state index in [0.717, 1.165) is 57.8 Å². The van der Waals surface area contributed by atoms with Crippen LogP contribution in [0.5, 0.6) is 0 Å². The minimum atomic E-state index is -0.691. The molecule has 0 bridgehead atoms. The van der Waals surface area contributed by atoms with Crippen molar-refractivity contribution in [3.63, 3.8) is 0 Å². The Labute approximate surface area is 153 Å². The van der Waals surface area contributed by atoms with Crippen LogP contribution in [-0.2, 0) is 9.53 Å². The molecule has 140 valence electrons. The molecule has 0 radical (unpaired) electrons. The fraction of sp³-hybridized carbons (Fsp3) is 0.591. The van der Waals surface area contributed by atoms with E-state index in [9.17, 15) is 4.79 Å². The molecule has 1 rings (SSSR count). The Kier molecular flexibility index (Phi) is 12.6. The Bertz CT molecular complexity index is 460. The quantitative estimate of drug-likeness (QED) is 0.225. The lowest BCUT2D eigenvalue weighted by atomic mass is 10.1. The minimum Gasteiger partial charge on any atom is -0.481 e. The second-order valence-electron chi connectivity index (χ2n) is 6.44. The van der Waals surface area contributed by atoms with E-state index in [0.29, 0.717) is 18.6 Å². The standard InChI is InChI=1S/C22H34O3/c1-2-20-21(25-20)18-16-14-12-10-8-6-4-3-5-7-9-11-13-15-17-19-22(23)24/h3-4,7-10,14,16,20-21H,2,5-6,11-13,15,17-19H2,1H3,(H,23,24)/b4-3-,9-7-,10-8-,16-14-/t20-,21+/m1/s1. The summed E-state index contributed by atoms with van der Waals surface area (Å²) < 4.78 is 5.49. The first-order valence-corrected chi connectivity index (χ1v) is 9.71. The molecule has 1 heterocycles. The zero-order valence-corrected chi connectivity index (χ0v) is 15.6. The lowest BCUT2D eigenvalue weighted by Crippen LogP contribution is -1.93. The SMILES string of the molecule is CC[C@H]1O[C@H]1C/C=C\C/C=C\C/C=C\C/C=C\CCCCCC(=O)O. The Hall–Kier alpha value is -1.61. The molecule has 3 heteroatoms. The molecule has 1 aliphatic rings. The number of carboxylic acids is 1. The van der Waals surface area contributed by atoms with Crippen LogP contribution in [0.4, 0.5) is 0 Å². The summed E-state index contributed by atoms with van der Waals surface area (Å²) in [5.74, 6) is -0.691. The third kappa shape index (κ3) is 13.4. The summed E-state index contributed by atoms with van der Waals surface area (Å²) in [4.78, 5) is 10.4. The number of carboxylic acid groups (broad SMARTS) is 1. The van der Waals surface area contributed by atoms with Gasteiger partial charge in [0.2, 0.25) is 0 Å². The Balaban J connectivity index is 1.86. The number of ether oxygens (including phenoxy) is 1.